The summed E-state index contributed by atoms with van der Waals surface area (Å²) in [5.74, 6) is 1.08. The Morgan fingerprint density at radius 1 is 1.25 bits per heavy atom. The van der Waals surface area contributed by atoms with E-state index in [4.69, 9.17) is 14.2 Å². The molecule has 20 heavy (non-hydrogen) atoms. The molecule has 4 nitrogen and oxygen atoms in total. The maximum atomic E-state index is 11.7. The number of ether oxygens (including phenoxy) is 3. The molecule has 1 heterocycles. The molecule has 0 aromatic heterocycles. The Labute approximate surface area is 123 Å². The van der Waals surface area contributed by atoms with Crippen LogP contribution in [0.2, 0.25) is 0 Å². The van der Waals surface area contributed by atoms with Gasteiger partial charge in [-0.15, -0.1) is 11.8 Å². The van der Waals surface area contributed by atoms with Gasteiger partial charge in [-0.3, -0.25) is 0 Å². The van der Waals surface area contributed by atoms with E-state index in [-0.39, 0.29) is 17.3 Å². The first kappa shape index (κ1) is 14.8. The molecule has 5 heteroatoms. The molecule has 0 saturated heterocycles. The zero-order chi connectivity index (χ0) is 14.7. The number of rotatable bonds is 3. The van der Waals surface area contributed by atoms with Crippen molar-refractivity contribution in [3.63, 3.8) is 0 Å². The molecule has 0 radical (unpaired) electrons. The van der Waals surface area contributed by atoms with E-state index in [1.165, 1.54) is 18.9 Å². The van der Waals surface area contributed by atoms with Crippen LogP contribution in [-0.4, -0.2) is 25.4 Å². The first-order chi connectivity index (χ1) is 9.56. The summed E-state index contributed by atoms with van der Waals surface area (Å²) in [6, 6.07) is 7.78. The van der Waals surface area contributed by atoms with Gasteiger partial charge in [-0.25, -0.2) is 4.79 Å². The Bertz CT molecular complexity index is 521. The lowest BCUT2D eigenvalue weighted by Gasteiger charge is -2.31. The Morgan fingerprint density at radius 3 is 2.45 bits per heavy atom. The first-order valence-corrected chi connectivity index (χ1v) is 7.21. The van der Waals surface area contributed by atoms with E-state index >= 15 is 0 Å². The van der Waals surface area contributed by atoms with Crippen LogP contribution in [0.5, 0.6) is 5.75 Å². The number of carbonyl (C=O) groups is 1. The van der Waals surface area contributed by atoms with Crippen molar-refractivity contribution in [2.75, 3.05) is 14.2 Å². The van der Waals surface area contributed by atoms with Gasteiger partial charge < -0.3 is 14.2 Å². The summed E-state index contributed by atoms with van der Waals surface area (Å²) in [6.07, 6.45) is -0.0840. The number of methoxy groups -OCH3 is 2. The Hall–Kier alpha value is -1.62. The highest BCUT2D eigenvalue weighted by Crippen LogP contribution is 2.42. The van der Waals surface area contributed by atoms with Crippen molar-refractivity contribution in [2.24, 2.45) is 0 Å². The van der Waals surface area contributed by atoms with Crippen LogP contribution < -0.4 is 4.74 Å². The fraction of sp³-hybridized carbons (Fsp3) is 0.400. The number of allylic oxidation sites excluding steroid dienone is 1. The third-order valence-corrected chi connectivity index (χ3v) is 4.48. The topological polar surface area (TPSA) is 44.8 Å². The van der Waals surface area contributed by atoms with Crippen molar-refractivity contribution in [2.45, 2.75) is 25.2 Å². The minimum Gasteiger partial charge on any atom is -0.497 e. The zero-order valence-electron chi connectivity index (χ0n) is 12.0. The highest BCUT2D eigenvalue weighted by Gasteiger charge is 2.32. The number of esters is 1. The zero-order valence-corrected chi connectivity index (χ0v) is 12.8. The Balaban J connectivity index is 2.22. The molecule has 0 aliphatic carbocycles. The summed E-state index contributed by atoms with van der Waals surface area (Å²) in [5, 5.41) is 0.126. The standard InChI is InChI=1S/C15H18O4S/c1-9-14(15(16)18-4)20-10(2)13(19-9)11-5-7-12(17-3)8-6-11/h5-8,10,13H,1-4H3/t10-,13+/m1/s1. The number of benzene rings is 1. The predicted molar refractivity (Wildman–Crippen MR) is 78.6 cm³/mol. The van der Waals surface area contributed by atoms with E-state index in [9.17, 15) is 4.79 Å². The van der Waals surface area contributed by atoms with Crippen LogP contribution in [0.3, 0.4) is 0 Å². The van der Waals surface area contributed by atoms with E-state index in [2.05, 4.69) is 0 Å². The highest BCUT2D eigenvalue weighted by atomic mass is 32.2. The molecule has 2 rings (SSSR count). The summed E-state index contributed by atoms with van der Waals surface area (Å²) in [7, 11) is 3.02. The van der Waals surface area contributed by atoms with E-state index in [1.54, 1.807) is 14.0 Å². The molecule has 0 fully saturated rings. The summed E-state index contributed by atoms with van der Waals surface area (Å²) < 4.78 is 15.8. The maximum Gasteiger partial charge on any atom is 0.347 e. The average Bonchev–Trinajstić information content (AvgIpc) is 2.48. The summed E-state index contributed by atoms with van der Waals surface area (Å²) in [6.45, 7) is 3.83. The lowest BCUT2D eigenvalue weighted by molar-refractivity contribution is -0.135. The van der Waals surface area contributed by atoms with Gasteiger partial charge >= 0.3 is 5.97 Å². The van der Waals surface area contributed by atoms with Crippen LogP contribution in [0.25, 0.3) is 0 Å². The fourth-order valence-corrected chi connectivity index (χ4v) is 3.19. The van der Waals surface area contributed by atoms with Crippen molar-refractivity contribution in [3.05, 3.63) is 40.5 Å². The van der Waals surface area contributed by atoms with Gasteiger partial charge in [-0.1, -0.05) is 12.1 Å². The van der Waals surface area contributed by atoms with Crippen molar-refractivity contribution >= 4 is 17.7 Å². The van der Waals surface area contributed by atoms with Crippen LogP contribution in [-0.2, 0) is 14.3 Å². The van der Waals surface area contributed by atoms with Gasteiger partial charge in [0.15, 0.2) is 0 Å². The van der Waals surface area contributed by atoms with E-state index in [1.807, 2.05) is 31.2 Å². The maximum absolute atomic E-state index is 11.7. The minimum atomic E-state index is -0.340. The van der Waals surface area contributed by atoms with E-state index in [0.29, 0.717) is 10.7 Å². The molecule has 1 aliphatic heterocycles. The summed E-state index contributed by atoms with van der Waals surface area (Å²) >= 11 is 1.49. The Morgan fingerprint density at radius 2 is 1.90 bits per heavy atom. The molecule has 2 atom stereocenters. The average molecular weight is 294 g/mol. The summed E-state index contributed by atoms with van der Waals surface area (Å²) in [4.78, 5) is 12.2. The van der Waals surface area contributed by atoms with Crippen molar-refractivity contribution < 1.29 is 19.0 Å². The molecule has 108 valence electrons. The van der Waals surface area contributed by atoms with Gasteiger partial charge in [0, 0.05) is 5.25 Å². The lowest BCUT2D eigenvalue weighted by Crippen LogP contribution is -2.23. The SMILES string of the molecule is COC(=O)C1=C(C)O[C@H](c2ccc(OC)cc2)[C@@H](C)S1. The molecular weight excluding hydrogens is 276 g/mol. The highest BCUT2D eigenvalue weighted by molar-refractivity contribution is 8.04. The van der Waals surface area contributed by atoms with Gasteiger partial charge in [0.2, 0.25) is 0 Å². The first-order valence-electron chi connectivity index (χ1n) is 6.33. The van der Waals surface area contributed by atoms with Crippen LogP contribution in [0.4, 0.5) is 0 Å². The fourth-order valence-electron chi connectivity index (χ4n) is 2.09. The minimum absolute atomic E-state index is 0.0840. The van der Waals surface area contributed by atoms with Gasteiger partial charge in [-0.05, 0) is 31.5 Å². The van der Waals surface area contributed by atoms with E-state index in [0.717, 1.165) is 11.3 Å². The number of hydrogen-bond acceptors (Lipinski definition) is 5. The van der Waals surface area contributed by atoms with Crippen LogP contribution in [0, 0.1) is 0 Å². The molecule has 0 saturated carbocycles. The second-order valence-electron chi connectivity index (χ2n) is 4.51. The molecule has 0 spiro atoms. The molecule has 0 N–H and O–H groups in total. The summed E-state index contributed by atoms with van der Waals surface area (Å²) in [5.41, 5.74) is 1.06. The van der Waals surface area contributed by atoms with Gasteiger partial charge in [-0.2, -0.15) is 0 Å². The number of thioether (sulfide) groups is 1. The molecule has 0 bridgehead atoms. The quantitative estimate of drug-likeness (QED) is 0.800. The van der Waals surface area contributed by atoms with Gasteiger partial charge in [0.05, 0.1) is 14.2 Å². The van der Waals surface area contributed by atoms with Gasteiger partial charge in [0.25, 0.3) is 0 Å². The van der Waals surface area contributed by atoms with Crippen LogP contribution in [0.15, 0.2) is 34.9 Å². The molecular formula is C15H18O4S. The van der Waals surface area contributed by atoms with Crippen LogP contribution in [0.1, 0.15) is 25.5 Å². The molecule has 1 aliphatic rings. The predicted octanol–water partition coefficient (Wildman–Crippen LogP) is 3.29. The molecule has 0 amide bonds. The van der Waals surface area contributed by atoms with Crippen LogP contribution >= 0.6 is 11.8 Å². The van der Waals surface area contributed by atoms with Crippen molar-refractivity contribution in [3.8, 4) is 5.75 Å². The molecule has 1 aromatic carbocycles. The number of hydrogen-bond donors (Lipinski definition) is 0. The Kier molecular flexibility index (Phi) is 4.60. The third kappa shape index (κ3) is 2.93. The normalized spacial score (nSPS) is 22.2. The molecule has 1 aromatic rings. The molecule has 0 unspecified atom stereocenters. The van der Waals surface area contributed by atoms with E-state index < -0.39 is 0 Å². The lowest BCUT2D eigenvalue weighted by atomic mass is 10.1. The van der Waals surface area contributed by atoms with Gasteiger partial charge in [0.1, 0.15) is 22.5 Å². The monoisotopic (exact) mass is 294 g/mol. The second-order valence-corrected chi connectivity index (χ2v) is 5.90. The third-order valence-electron chi connectivity index (χ3n) is 3.17. The largest absolute Gasteiger partial charge is 0.497 e. The number of carbonyl (C=O) groups excluding carboxylic acids is 1. The van der Waals surface area contributed by atoms with Crippen molar-refractivity contribution in [1.82, 2.24) is 0 Å². The van der Waals surface area contributed by atoms with Crippen molar-refractivity contribution in [1.29, 1.82) is 0 Å². The second kappa shape index (κ2) is 6.22. The smallest absolute Gasteiger partial charge is 0.347 e.